The minimum atomic E-state index is 0.619. The highest BCUT2D eigenvalue weighted by Gasteiger charge is 2.17. The molecule has 0 N–H and O–H groups in total. The van der Waals surface area contributed by atoms with Crippen molar-refractivity contribution >= 4 is 54.5 Å². The van der Waals surface area contributed by atoms with Gasteiger partial charge < -0.3 is 8.98 Å². The summed E-state index contributed by atoms with van der Waals surface area (Å²) < 4.78 is 8.84. The summed E-state index contributed by atoms with van der Waals surface area (Å²) in [6, 6.07) is 54.5. The van der Waals surface area contributed by atoms with Gasteiger partial charge in [0.15, 0.2) is 17.5 Å². The second kappa shape index (κ2) is 10.5. The third-order valence-corrected chi connectivity index (χ3v) is 9.21. The van der Waals surface area contributed by atoms with E-state index in [1.807, 2.05) is 72.8 Å². The smallest absolute Gasteiger partial charge is 0.164 e. The van der Waals surface area contributed by atoms with Gasteiger partial charge in [0.2, 0.25) is 0 Å². The fraction of sp³-hybridized carbons (Fsp3) is 0. The molecule has 0 fully saturated rings. The predicted octanol–water partition coefficient (Wildman–Crippen LogP) is 11.0. The Hall–Kier alpha value is -6.59. The number of benzene rings is 7. The van der Waals surface area contributed by atoms with Crippen LogP contribution in [0.1, 0.15) is 0 Å². The minimum absolute atomic E-state index is 0.619. The lowest BCUT2D eigenvalue weighted by atomic mass is 10.1. The minimum Gasteiger partial charge on any atom is -0.456 e. The van der Waals surface area contributed by atoms with Crippen LogP contribution < -0.4 is 0 Å². The summed E-state index contributed by atoms with van der Waals surface area (Å²) in [5.74, 6) is 1.90. The zero-order valence-electron chi connectivity index (χ0n) is 25.7. The van der Waals surface area contributed by atoms with Crippen LogP contribution in [0, 0.1) is 0 Å². The van der Waals surface area contributed by atoms with Crippen molar-refractivity contribution in [2.75, 3.05) is 0 Å². The van der Waals surface area contributed by atoms with E-state index < -0.39 is 0 Å². The lowest BCUT2D eigenvalue weighted by Crippen LogP contribution is -2.00. The van der Waals surface area contributed by atoms with Gasteiger partial charge in [-0.2, -0.15) is 0 Å². The molecule has 5 heteroatoms. The number of rotatable bonds is 4. The Morgan fingerprint density at radius 3 is 1.73 bits per heavy atom. The molecule has 5 nitrogen and oxygen atoms in total. The molecule has 0 atom stereocenters. The third-order valence-electron chi connectivity index (χ3n) is 9.21. The molecule has 10 aromatic rings. The van der Waals surface area contributed by atoms with Crippen molar-refractivity contribution in [3.63, 3.8) is 0 Å². The molecule has 3 heterocycles. The van der Waals surface area contributed by atoms with Crippen LogP contribution in [0.15, 0.2) is 162 Å². The van der Waals surface area contributed by atoms with Crippen molar-refractivity contribution in [2.45, 2.75) is 0 Å². The van der Waals surface area contributed by atoms with Gasteiger partial charge in [-0.05, 0) is 59.3 Å². The van der Waals surface area contributed by atoms with Crippen LogP contribution in [-0.2, 0) is 0 Å². The van der Waals surface area contributed by atoms with Gasteiger partial charge >= 0.3 is 0 Å². The maximum atomic E-state index is 6.50. The first-order chi connectivity index (χ1) is 23.8. The summed E-state index contributed by atoms with van der Waals surface area (Å²) in [5.41, 5.74) is 7.83. The number of hydrogen-bond donors (Lipinski definition) is 0. The summed E-state index contributed by atoms with van der Waals surface area (Å²) in [5, 5.41) is 6.99. The molecule has 0 saturated carbocycles. The van der Waals surface area contributed by atoms with Crippen molar-refractivity contribution in [1.82, 2.24) is 19.5 Å². The normalized spacial score (nSPS) is 11.8. The molecule has 48 heavy (non-hydrogen) atoms. The average Bonchev–Trinajstić information content (AvgIpc) is 3.68. The van der Waals surface area contributed by atoms with E-state index in [0.717, 1.165) is 44.3 Å². The molecular weight excluding hydrogens is 589 g/mol. The van der Waals surface area contributed by atoms with Crippen LogP contribution >= 0.6 is 0 Å². The van der Waals surface area contributed by atoms with Gasteiger partial charge in [0, 0.05) is 50.0 Å². The Balaban J connectivity index is 1.14. The van der Waals surface area contributed by atoms with E-state index in [9.17, 15) is 0 Å². The average molecular weight is 615 g/mol. The van der Waals surface area contributed by atoms with Crippen LogP contribution in [0.3, 0.4) is 0 Å². The Morgan fingerprint density at radius 1 is 0.375 bits per heavy atom. The Labute approximate surface area is 275 Å². The maximum absolute atomic E-state index is 6.50. The highest BCUT2D eigenvalue weighted by Crippen LogP contribution is 2.38. The lowest BCUT2D eigenvalue weighted by Gasteiger charge is -2.09. The van der Waals surface area contributed by atoms with Crippen LogP contribution in [0.5, 0.6) is 0 Å². The number of furan rings is 1. The molecular formula is C43H26N4O. The van der Waals surface area contributed by atoms with Crippen LogP contribution in [0.2, 0.25) is 0 Å². The Morgan fingerprint density at radius 2 is 1.00 bits per heavy atom. The molecule has 3 aromatic heterocycles. The van der Waals surface area contributed by atoms with Gasteiger partial charge in [0.1, 0.15) is 11.2 Å². The second-order valence-electron chi connectivity index (χ2n) is 12.1. The van der Waals surface area contributed by atoms with E-state index in [1.165, 1.54) is 32.6 Å². The molecule has 0 aliphatic heterocycles. The van der Waals surface area contributed by atoms with Crippen LogP contribution in [0.4, 0.5) is 0 Å². The summed E-state index contributed by atoms with van der Waals surface area (Å²) in [7, 11) is 0. The van der Waals surface area contributed by atoms with Crippen LogP contribution in [-0.4, -0.2) is 19.5 Å². The van der Waals surface area contributed by atoms with E-state index in [4.69, 9.17) is 19.4 Å². The lowest BCUT2D eigenvalue weighted by molar-refractivity contribution is 0.668. The van der Waals surface area contributed by atoms with E-state index >= 15 is 0 Å². The van der Waals surface area contributed by atoms with Gasteiger partial charge in [0.25, 0.3) is 0 Å². The first kappa shape index (κ1) is 26.6. The topological polar surface area (TPSA) is 56.7 Å². The summed E-state index contributed by atoms with van der Waals surface area (Å²) in [4.78, 5) is 14.7. The fourth-order valence-corrected chi connectivity index (χ4v) is 6.92. The summed E-state index contributed by atoms with van der Waals surface area (Å²) in [6.45, 7) is 0. The highest BCUT2D eigenvalue weighted by molar-refractivity contribution is 6.14. The number of para-hydroxylation sites is 1. The van der Waals surface area contributed by atoms with Crippen molar-refractivity contribution in [3.8, 4) is 39.9 Å². The number of aromatic nitrogens is 4. The van der Waals surface area contributed by atoms with Gasteiger partial charge in [-0.15, -0.1) is 0 Å². The molecule has 224 valence electrons. The molecule has 0 aliphatic carbocycles. The van der Waals surface area contributed by atoms with E-state index in [2.05, 4.69) is 89.5 Å². The quantitative estimate of drug-likeness (QED) is 0.198. The van der Waals surface area contributed by atoms with E-state index in [1.54, 1.807) is 0 Å². The largest absolute Gasteiger partial charge is 0.456 e. The first-order valence-corrected chi connectivity index (χ1v) is 16.0. The zero-order valence-corrected chi connectivity index (χ0v) is 25.7. The summed E-state index contributed by atoms with van der Waals surface area (Å²) >= 11 is 0. The zero-order chi connectivity index (χ0) is 31.6. The fourth-order valence-electron chi connectivity index (χ4n) is 6.92. The van der Waals surface area contributed by atoms with Crippen molar-refractivity contribution in [1.29, 1.82) is 0 Å². The molecule has 0 amide bonds. The van der Waals surface area contributed by atoms with Crippen molar-refractivity contribution in [2.24, 2.45) is 0 Å². The molecule has 0 saturated heterocycles. The SMILES string of the molecule is c1ccc(-c2nc(-c3ccccc3)nc(-c3ccc4oc5cc(-n6c7ccccc7c7cc8ccccc8cc76)ccc5c4c3)n2)cc1. The standard InChI is InChI=1S/C43H26N4O/c1-3-11-27(12-4-1)41-44-42(28-13-5-2-6-14-28)46-43(45-41)31-19-22-39-36(24-31)34-21-20-32(26-40(34)48-39)47-37-18-10-9-17-33(37)35-23-29-15-7-8-16-30(29)25-38(35)47/h1-26H. The molecule has 0 bridgehead atoms. The van der Waals surface area contributed by atoms with E-state index in [0.29, 0.717) is 17.5 Å². The molecule has 0 aliphatic rings. The molecule has 0 radical (unpaired) electrons. The van der Waals surface area contributed by atoms with E-state index in [-0.39, 0.29) is 0 Å². The monoisotopic (exact) mass is 614 g/mol. The number of hydrogen-bond acceptors (Lipinski definition) is 4. The third kappa shape index (κ3) is 4.22. The van der Waals surface area contributed by atoms with Crippen LogP contribution in [0.25, 0.3) is 94.4 Å². The molecule has 10 rings (SSSR count). The number of nitrogens with zero attached hydrogens (tertiary/aromatic N) is 4. The van der Waals surface area contributed by atoms with Gasteiger partial charge in [-0.1, -0.05) is 103 Å². The van der Waals surface area contributed by atoms with Crippen molar-refractivity contribution < 1.29 is 4.42 Å². The summed E-state index contributed by atoms with van der Waals surface area (Å²) in [6.07, 6.45) is 0. The van der Waals surface area contributed by atoms with Gasteiger partial charge in [-0.3, -0.25) is 0 Å². The Bertz CT molecular complexity index is 2780. The van der Waals surface area contributed by atoms with Gasteiger partial charge in [0.05, 0.1) is 11.0 Å². The van der Waals surface area contributed by atoms with Gasteiger partial charge in [-0.25, -0.2) is 15.0 Å². The molecule has 7 aromatic carbocycles. The predicted molar refractivity (Wildman–Crippen MR) is 195 cm³/mol. The highest BCUT2D eigenvalue weighted by atomic mass is 16.3. The molecule has 0 spiro atoms. The first-order valence-electron chi connectivity index (χ1n) is 16.0. The molecule has 0 unspecified atom stereocenters. The number of fused-ring (bicyclic) bond motifs is 7. The van der Waals surface area contributed by atoms with Crippen molar-refractivity contribution in [3.05, 3.63) is 158 Å². The Kier molecular flexibility index (Phi) is 5.81. The maximum Gasteiger partial charge on any atom is 0.164 e. The second-order valence-corrected chi connectivity index (χ2v) is 12.1.